The number of thiophene rings is 1. The first-order valence-electron chi connectivity index (χ1n) is 9.22. The zero-order valence-corrected chi connectivity index (χ0v) is 18.4. The van der Waals surface area contributed by atoms with Crippen molar-refractivity contribution < 1.29 is 9.53 Å². The van der Waals surface area contributed by atoms with Crippen LogP contribution >= 0.6 is 34.5 Å². The second kappa shape index (κ2) is 7.85. The van der Waals surface area contributed by atoms with Gasteiger partial charge in [-0.3, -0.25) is 4.79 Å². The van der Waals surface area contributed by atoms with Crippen LogP contribution in [0.5, 0.6) is 5.75 Å². The maximum atomic E-state index is 12.8. The number of hydrogen-bond donors (Lipinski definition) is 1. The zero-order chi connectivity index (χ0) is 21.5. The molecule has 31 heavy (non-hydrogen) atoms. The average molecular weight is 469 g/mol. The lowest BCUT2D eigenvalue weighted by atomic mass is 10.2. The Kier molecular flexibility index (Phi) is 5.02. The van der Waals surface area contributed by atoms with Crippen molar-refractivity contribution in [2.45, 2.75) is 0 Å². The van der Waals surface area contributed by atoms with E-state index in [1.807, 2.05) is 36.4 Å². The largest absolute Gasteiger partial charge is 0.497 e. The minimum atomic E-state index is -0.288. The molecule has 2 heterocycles. The summed E-state index contributed by atoms with van der Waals surface area (Å²) in [7, 11) is 1.62. The third kappa shape index (κ3) is 3.72. The van der Waals surface area contributed by atoms with Crippen LogP contribution in [0.4, 0.5) is 5.69 Å². The molecule has 0 atom stereocenters. The molecule has 0 saturated carbocycles. The molecule has 0 radical (unpaired) electrons. The Morgan fingerprint density at radius 2 is 1.77 bits per heavy atom. The summed E-state index contributed by atoms with van der Waals surface area (Å²) in [6.07, 6.45) is 0. The quantitative estimate of drug-likeness (QED) is 0.340. The van der Waals surface area contributed by atoms with Gasteiger partial charge in [0.15, 0.2) is 0 Å². The normalized spacial score (nSPS) is 11.2. The Morgan fingerprint density at radius 3 is 2.55 bits per heavy atom. The predicted octanol–water partition coefficient (Wildman–Crippen LogP) is 6.20. The fraction of sp³-hybridized carbons (Fsp3) is 0.0455. The standard InChI is InChI=1S/C22H14Cl2N4O2S/c1-30-15-6-4-14(5-7-15)28-26-17-9-3-13(11-18(17)27-28)25-22(29)21-20(24)16-8-2-12(23)10-19(16)31-21/h2-11H,1H3,(H,25,29). The lowest BCUT2D eigenvalue weighted by Gasteiger charge is -2.03. The molecule has 0 aliphatic heterocycles. The van der Waals surface area contributed by atoms with Gasteiger partial charge >= 0.3 is 0 Å². The van der Waals surface area contributed by atoms with Crippen LogP contribution in [-0.4, -0.2) is 28.0 Å². The smallest absolute Gasteiger partial charge is 0.267 e. The molecule has 154 valence electrons. The predicted molar refractivity (Wildman–Crippen MR) is 125 cm³/mol. The van der Waals surface area contributed by atoms with Gasteiger partial charge in [0, 0.05) is 20.8 Å². The fourth-order valence-electron chi connectivity index (χ4n) is 3.20. The van der Waals surface area contributed by atoms with Gasteiger partial charge in [-0.25, -0.2) is 0 Å². The van der Waals surface area contributed by atoms with Crippen molar-refractivity contribution in [3.63, 3.8) is 0 Å². The van der Waals surface area contributed by atoms with Crippen LogP contribution < -0.4 is 10.1 Å². The number of nitrogens with one attached hydrogen (secondary N) is 1. The van der Waals surface area contributed by atoms with Crippen LogP contribution in [0.15, 0.2) is 60.7 Å². The van der Waals surface area contributed by atoms with E-state index in [4.69, 9.17) is 27.9 Å². The highest BCUT2D eigenvalue weighted by Gasteiger charge is 2.18. The van der Waals surface area contributed by atoms with E-state index >= 15 is 0 Å². The summed E-state index contributed by atoms with van der Waals surface area (Å²) in [5.74, 6) is 0.469. The van der Waals surface area contributed by atoms with Crippen molar-refractivity contribution in [3.05, 3.63) is 75.6 Å². The molecule has 0 unspecified atom stereocenters. The van der Waals surface area contributed by atoms with Gasteiger partial charge in [0.2, 0.25) is 0 Å². The highest BCUT2D eigenvalue weighted by Crippen LogP contribution is 2.37. The van der Waals surface area contributed by atoms with E-state index in [0.29, 0.717) is 31.6 Å². The number of rotatable bonds is 4. The number of benzene rings is 3. The maximum Gasteiger partial charge on any atom is 0.267 e. The van der Waals surface area contributed by atoms with Crippen molar-refractivity contribution in [3.8, 4) is 11.4 Å². The lowest BCUT2D eigenvalue weighted by molar-refractivity contribution is 0.103. The highest BCUT2D eigenvalue weighted by atomic mass is 35.5. The molecule has 1 N–H and O–H groups in total. The summed E-state index contributed by atoms with van der Waals surface area (Å²) in [5, 5.41) is 13.7. The van der Waals surface area contributed by atoms with Crippen LogP contribution in [0.2, 0.25) is 10.0 Å². The highest BCUT2D eigenvalue weighted by molar-refractivity contribution is 7.21. The number of fused-ring (bicyclic) bond motifs is 2. The SMILES string of the molecule is COc1ccc(-n2nc3ccc(NC(=O)c4sc5cc(Cl)ccc5c4Cl)cc3n2)cc1. The first-order chi connectivity index (χ1) is 15.0. The molecule has 0 saturated heterocycles. The van der Waals surface area contributed by atoms with E-state index in [0.717, 1.165) is 21.5 Å². The number of nitrogens with zero attached hydrogens (tertiary/aromatic N) is 3. The van der Waals surface area contributed by atoms with E-state index in [-0.39, 0.29) is 5.91 Å². The number of aromatic nitrogens is 3. The first kappa shape index (κ1) is 19.8. The zero-order valence-electron chi connectivity index (χ0n) is 16.1. The van der Waals surface area contributed by atoms with Crippen molar-refractivity contribution in [2.24, 2.45) is 0 Å². The number of halogens is 2. The summed E-state index contributed by atoms with van der Waals surface area (Å²) in [6.45, 7) is 0. The van der Waals surface area contributed by atoms with E-state index in [9.17, 15) is 4.79 Å². The van der Waals surface area contributed by atoms with Crippen LogP contribution in [0.3, 0.4) is 0 Å². The third-order valence-electron chi connectivity index (χ3n) is 4.74. The Labute approximate surface area is 191 Å². The third-order valence-corrected chi connectivity index (χ3v) is 6.63. The van der Waals surface area contributed by atoms with Gasteiger partial charge in [-0.1, -0.05) is 29.3 Å². The number of amides is 1. The molecule has 0 fully saturated rings. The lowest BCUT2D eigenvalue weighted by Crippen LogP contribution is -2.10. The minimum absolute atomic E-state index is 0.288. The van der Waals surface area contributed by atoms with Crippen LogP contribution in [0, 0.1) is 0 Å². The number of methoxy groups -OCH3 is 1. The van der Waals surface area contributed by atoms with Gasteiger partial charge in [-0.05, 0) is 54.6 Å². The Hall–Kier alpha value is -3.13. The molecule has 0 aliphatic carbocycles. The topological polar surface area (TPSA) is 69.0 Å². The minimum Gasteiger partial charge on any atom is -0.497 e. The van der Waals surface area contributed by atoms with Crippen LogP contribution in [0.1, 0.15) is 9.67 Å². The molecule has 2 aromatic heterocycles. The van der Waals surface area contributed by atoms with Gasteiger partial charge in [-0.15, -0.1) is 21.5 Å². The molecular weight excluding hydrogens is 455 g/mol. The van der Waals surface area contributed by atoms with Gasteiger partial charge in [-0.2, -0.15) is 4.80 Å². The maximum absolute atomic E-state index is 12.8. The first-order valence-corrected chi connectivity index (χ1v) is 10.8. The number of ether oxygens (including phenoxy) is 1. The van der Waals surface area contributed by atoms with Gasteiger partial charge in [0.05, 0.1) is 17.8 Å². The van der Waals surface area contributed by atoms with Crippen molar-refractivity contribution >= 4 is 67.3 Å². The molecule has 9 heteroatoms. The van der Waals surface area contributed by atoms with E-state index in [1.54, 1.807) is 36.2 Å². The number of hydrogen-bond acceptors (Lipinski definition) is 5. The summed E-state index contributed by atoms with van der Waals surface area (Å²) >= 11 is 13.8. The van der Waals surface area contributed by atoms with Crippen molar-refractivity contribution in [2.75, 3.05) is 12.4 Å². The fourth-order valence-corrected chi connectivity index (χ4v) is 4.88. The second-order valence-electron chi connectivity index (χ2n) is 6.73. The monoisotopic (exact) mass is 468 g/mol. The van der Waals surface area contributed by atoms with Gasteiger partial charge in [0.1, 0.15) is 21.7 Å². The molecule has 5 rings (SSSR count). The molecule has 5 aromatic rings. The summed E-state index contributed by atoms with van der Waals surface area (Å²) in [6, 6.07) is 18.2. The van der Waals surface area contributed by atoms with Crippen LogP contribution in [0.25, 0.3) is 26.8 Å². The summed E-state index contributed by atoms with van der Waals surface area (Å²) in [5.41, 5.74) is 2.77. The molecule has 0 spiro atoms. The Balaban J connectivity index is 1.43. The average Bonchev–Trinajstić information content (AvgIpc) is 3.34. The molecule has 1 amide bonds. The second-order valence-corrected chi connectivity index (χ2v) is 8.60. The molecule has 0 aliphatic rings. The van der Waals surface area contributed by atoms with Gasteiger partial charge < -0.3 is 10.1 Å². The van der Waals surface area contributed by atoms with Crippen LogP contribution in [-0.2, 0) is 0 Å². The molecule has 6 nitrogen and oxygen atoms in total. The number of carbonyl (C=O) groups is 1. The Morgan fingerprint density at radius 1 is 1.00 bits per heavy atom. The Bertz CT molecular complexity index is 1440. The van der Waals surface area contributed by atoms with E-state index in [1.165, 1.54) is 11.3 Å². The summed E-state index contributed by atoms with van der Waals surface area (Å²) in [4.78, 5) is 14.8. The van der Waals surface area contributed by atoms with Gasteiger partial charge in [0.25, 0.3) is 5.91 Å². The van der Waals surface area contributed by atoms with E-state index in [2.05, 4.69) is 15.5 Å². The molecule has 3 aromatic carbocycles. The molecule has 0 bridgehead atoms. The molecular formula is C22H14Cl2N4O2S. The van der Waals surface area contributed by atoms with Crippen molar-refractivity contribution in [1.82, 2.24) is 15.0 Å². The number of anilines is 1. The summed E-state index contributed by atoms with van der Waals surface area (Å²) < 4.78 is 6.04. The van der Waals surface area contributed by atoms with E-state index < -0.39 is 0 Å². The number of carbonyl (C=O) groups excluding carboxylic acids is 1. The van der Waals surface area contributed by atoms with Crippen molar-refractivity contribution in [1.29, 1.82) is 0 Å².